The predicted molar refractivity (Wildman–Crippen MR) is 112 cm³/mol. The largest absolute Gasteiger partial charge is 0.368 e. The van der Waals surface area contributed by atoms with Gasteiger partial charge in [0.05, 0.1) is 5.39 Å². The summed E-state index contributed by atoms with van der Waals surface area (Å²) in [5, 5.41) is 4.68. The number of primary amides is 1. The Kier molecular flexibility index (Phi) is 4.72. The first-order chi connectivity index (χ1) is 13.7. The van der Waals surface area contributed by atoms with E-state index >= 15 is 0 Å². The first-order valence-electron chi connectivity index (χ1n) is 10.4. The third-order valence-corrected chi connectivity index (χ3v) is 7.94. The number of rotatable bonds is 3. The van der Waals surface area contributed by atoms with Crippen molar-refractivity contribution in [2.24, 2.45) is 5.73 Å². The van der Waals surface area contributed by atoms with E-state index in [-0.39, 0.29) is 5.91 Å². The van der Waals surface area contributed by atoms with Crippen molar-refractivity contribution in [2.45, 2.75) is 50.6 Å². The summed E-state index contributed by atoms with van der Waals surface area (Å²) >= 11 is 1.78. The predicted octanol–water partition coefficient (Wildman–Crippen LogP) is 1.65. The number of hydrogen-bond donors (Lipinski definition) is 2. The molecule has 1 amide bonds. The molecule has 3 aliphatic heterocycles. The number of likely N-dealkylation sites (tertiary alicyclic amines) is 1. The fourth-order valence-electron chi connectivity index (χ4n) is 5.21. The van der Waals surface area contributed by atoms with Crippen molar-refractivity contribution in [3.05, 3.63) is 16.8 Å². The minimum Gasteiger partial charge on any atom is -0.368 e. The highest BCUT2D eigenvalue weighted by Gasteiger charge is 2.45. The summed E-state index contributed by atoms with van der Waals surface area (Å²) in [5.41, 5.74) is 6.88. The van der Waals surface area contributed by atoms with Crippen molar-refractivity contribution in [3.8, 4) is 0 Å². The van der Waals surface area contributed by atoms with Crippen LogP contribution in [0.5, 0.6) is 0 Å². The van der Waals surface area contributed by atoms with Crippen LogP contribution in [0.1, 0.15) is 42.5 Å². The van der Waals surface area contributed by atoms with Gasteiger partial charge in [0.25, 0.3) is 0 Å². The van der Waals surface area contributed by atoms with Gasteiger partial charge in [-0.1, -0.05) is 6.42 Å². The third-order valence-electron chi connectivity index (χ3n) is 6.80. The number of carbonyl (C=O) groups excluding carboxylic acids is 1. The number of aromatic nitrogens is 2. The number of fused-ring (bicyclic) bond motifs is 3. The van der Waals surface area contributed by atoms with Crippen molar-refractivity contribution >= 4 is 33.3 Å². The van der Waals surface area contributed by atoms with Gasteiger partial charge in [0.2, 0.25) is 5.91 Å². The Hall–Kier alpha value is -1.77. The van der Waals surface area contributed by atoms with Crippen LogP contribution in [0.25, 0.3) is 10.2 Å². The van der Waals surface area contributed by atoms with Gasteiger partial charge in [0.15, 0.2) is 0 Å². The van der Waals surface area contributed by atoms with E-state index in [2.05, 4.69) is 25.1 Å². The molecule has 0 bridgehead atoms. The highest BCUT2D eigenvalue weighted by atomic mass is 32.1. The summed E-state index contributed by atoms with van der Waals surface area (Å²) in [4.78, 5) is 28.9. The number of hydrogen-bond acceptors (Lipinski definition) is 7. The maximum atomic E-state index is 12.5. The Morgan fingerprint density at radius 3 is 2.68 bits per heavy atom. The summed E-state index contributed by atoms with van der Waals surface area (Å²) in [6.07, 6.45) is 7.87. The lowest BCUT2D eigenvalue weighted by Gasteiger charge is -2.48. The van der Waals surface area contributed by atoms with Gasteiger partial charge in [0, 0.05) is 24.5 Å². The van der Waals surface area contributed by atoms with Gasteiger partial charge < -0.3 is 16.0 Å². The average molecular weight is 401 g/mol. The molecule has 0 unspecified atom stereocenters. The van der Waals surface area contributed by atoms with E-state index in [1.54, 1.807) is 17.7 Å². The Labute approximate surface area is 169 Å². The first kappa shape index (κ1) is 18.3. The van der Waals surface area contributed by atoms with E-state index in [0.717, 1.165) is 69.2 Å². The molecular formula is C20H28N6OS. The second-order valence-corrected chi connectivity index (χ2v) is 9.32. The number of anilines is 1. The van der Waals surface area contributed by atoms with Crippen molar-refractivity contribution in [2.75, 3.05) is 37.6 Å². The first-order valence-corrected chi connectivity index (χ1v) is 11.3. The molecule has 3 N–H and O–H groups in total. The number of piperidine rings is 2. The molecule has 2 aromatic rings. The number of thiophene rings is 1. The van der Waals surface area contributed by atoms with Crippen molar-refractivity contribution in [3.63, 3.8) is 0 Å². The molecule has 0 radical (unpaired) electrons. The number of nitrogens with zero attached hydrogens (tertiary/aromatic N) is 4. The van der Waals surface area contributed by atoms with Gasteiger partial charge in [-0.2, -0.15) is 0 Å². The van der Waals surface area contributed by atoms with Crippen LogP contribution in [-0.4, -0.2) is 59.0 Å². The van der Waals surface area contributed by atoms with E-state index in [1.807, 2.05) is 0 Å². The summed E-state index contributed by atoms with van der Waals surface area (Å²) in [6.45, 7) is 5.54. The molecule has 28 heavy (non-hydrogen) atoms. The zero-order valence-corrected chi connectivity index (χ0v) is 17.1. The molecular weight excluding hydrogens is 372 g/mol. The second-order valence-electron chi connectivity index (χ2n) is 8.24. The zero-order valence-electron chi connectivity index (χ0n) is 16.2. The SMILES string of the molecule is NC(=O)C1(N2CCCCC2)CCN(c2ncnc3sc4c(c23)CCNC4)CC1. The Morgan fingerprint density at radius 1 is 1.14 bits per heavy atom. The fraction of sp³-hybridized carbons (Fsp3) is 0.650. The molecule has 0 aliphatic carbocycles. The molecule has 0 spiro atoms. The minimum absolute atomic E-state index is 0.152. The summed E-state index contributed by atoms with van der Waals surface area (Å²) < 4.78 is 0. The van der Waals surface area contributed by atoms with Crippen molar-refractivity contribution in [1.82, 2.24) is 20.2 Å². The lowest BCUT2D eigenvalue weighted by atomic mass is 9.83. The van der Waals surface area contributed by atoms with E-state index in [9.17, 15) is 4.79 Å². The smallest absolute Gasteiger partial charge is 0.238 e. The van der Waals surface area contributed by atoms with Gasteiger partial charge in [-0.15, -0.1) is 11.3 Å². The van der Waals surface area contributed by atoms with E-state index in [0.29, 0.717) is 0 Å². The lowest BCUT2D eigenvalue weighted by molar-refractivity contribution is -0.132. The molecule has 2 saturated heterocycles. The van der Waals surface area contributed by atoms with Crippen LogP contribution in [0, 0.1) is 0 Å². The monoisotopic (exact) mass is 400 g/mol. The highest BCUT2D eigenvalue weighted by molar-refractivity contribution is 7.19. The second kappa shape index (κ2) is 7.24. The van der Waals surface area contributed by atoms with Crippen molar-refractivity contribution in [1.29, 1.82) is 0 Å². The van der Waals surface area contributed by atoms with Gasteiger partial charge in [-0.25, -0.2) is 9.97 Å². The maximum absolute atomic E-state index is 12.5. The maximum Gasteiger partial charge on any atom is 0.238 e. The molecule has 0 aromatic carbocycles. The standard InChI is InChI=1S/C20H28N6OS/c21-19(27)20(26-8-2-1-3-9-26)5-10-25(11-6-20)17-16-14-4-7-22-12-15(14)28-18(16)24-13-23-17/h13,22H,1-12H2,(H2,21,27). The summed E-state index contributed by atoms with van der Waals surface area (Å²) in [6, 6.07) is 0. The topological polar surface area (TPSA) is 87.4 Å². The Morgan fingerprint density at radius 2 is 1.93 bits per heavy atom. The Balaban J connectivity index is 1.44. The molecule has 2 aromatic heterocycles. The van der Waals surface area contributed by atoms with Gasteiger partial charge in [-0.3, -0.25) is 9.69 Å². The lowest BCUT2D eigenvalue weighted by Crippen LogP contribution is -2.63. The normalized spacial score (nSPS) is 22.9. The van der Waals surface area contributed by atoms with Crippen LogP contribution in [-0.2, 0) is 17.8 Å². The van der Waals surface area contributed by atoms with Crippen LogP contribution < -0.4 is 16.0 Å². The Bertz CT molecular complexity index is 882. The van der Waals surface area contributed by atoms with Gasteiger partial charge in [-0.05, 0) is 57.3 Å². The van der Waals surface area contributed by atoms with E-state index < -0.39 is 5.54 Å². The van der Waals surface area contributed by atoms with Crippen LogP contribution in [0.2, 0.25) is 0 Å². The number of nitrogens with one attached hydrogen (secondary N) is 1. The molecule has 0 atom stereocenters. The number of amides is 1. The number of nitrogens with two attached hydrogens (primary N) is 1. The molecule has 0 saturated carbocycles. The molecule has 150 valence electrons. The number of carbonyl (C=O) groups is 1. The summed E-state index contributed by atoms with van der Waals surface area (Å²) in [5.74, 6) is 0.891. The fourth-order valence-corrected chi connectivity index (χ4v) is 6.36. The molecule has 5 rings (SSSR count). The van der Waals surface area contributed by atoms with Crippen LogP contribution >= 0.6 is 11.3 Å². The molecule has 2 fully saturated rings. The quantitative estimate of drug-likeness (QED) is 0.815. The molecule has 3 aliphatic rings. The molecule has 5 heterocycles. The van der Waals surface area contributed by atoms with Crippen LogP contribution in [0.4, 0.5) is 5.82 Å². The van der Waals surface area contributed by atoms with Gasteiger partial charge in [0.1, 0.15) is 22.5 Å². The van der Waals surface area contributed by atoms with E-state index in [1.165, 1.54) is 35.1 Å². The average Bonchev–Trinajstić information content (AvgIpc) is 3.13. The summed E-state index contributed by atoms with van der Waals surface area (Å²) in [7, 11) is 0. The zero-order chi connectivity index (χ0) is 19.1. The minimum atomic E-state index is -0.485. The van der Waals surface area contributed by atoms with Crippen molar-refractivity contribution < 1.29 is 4.79 Å². The van der Waals surface area contributed by atoms with Crippen LogP contribution in [0.3, 0.4) is 0 Å². The molecule has 7 nitrogen and oxygen atoms in total. The molecule has 8 heteroatoms. The van der Waals surface area contributed by atoms with E-state index in [4.69, 9.17) is 5.73 Å². The van der Waals surface area contributed by atoms with Crippen LogP contribution in [0.15, 0.2) is 6.33 Å². The third kappa shape index (κ3) is 2.89. The van der Waals surface area contributed by atoms with Gasteiger partial charge >= 0.3 is 0 Å². The highest BCUT2D eigenvalue weighted by Crippen LogP contribution is 2.39.